The van der Waals surface area contributed by atoms with Gasteiger partial charge in [-0.2, -0.15) is 0 Å². The van der Waals surface area contributed by atoms with Crippen LogP contribution in [0, 0.1) is 5.82 Å². The number of hydrogen-bond acceptors (Lipinski definition) is 2. The smallest absolute Gasteiger partial charge is 0.255 e. The lowest BCUT2D eigenvalue weighted by molar-refractivity contribution is 0.0922. The molecule has 0 spiro atoms. The van der Waals surface area contributed by atoms with Gasteiger partial charge in [-0.05, 0) is 31.5 Å². The van der Waals surface area contributed by atoms with Gasteiger partial charge in [-0.15, -0.1) is 0 Å². The molecular weight excluding hydrogens is 319 g/mol. The van der Waals surface area contributed by atoms with Crippen LogP contribution >= 0.6 is 28.1 Å². The summed E-state index contributed by atoms with van der Waals surface area (Å²) < 4.78 is 14.2. The molecular formula is C12H14BrFN2OS. The van der Waals surface area contributed by atoms with Crippen molar-refractivity contribution in [3.63, 3.8) is 0 Å². The maximum Gasteiger partial charge on any atom is 0.255 e. The number of nitrogens with one attached hydrogen (secondary N) is 1. The molecule has 0 saturated heterocycles. The first kappa shape index (κ1) is 15.0. The number of rotatable bonds is 4. The number of thiocarbonyl (C=S) groups is 1. The average Bonchev–Trinajstić information content (AvgIpc) is 2.28. The molecule has 3 nitrogen and oxygen atoms in total. The highest BCUT2D eigenvalue weighted by atomic mass is 79.9. The molecule has 1 atom stereocenters. The van der Waals surface area contributed by atoms with Crippen molar-refractivity contribution in [2.24, 2.45) is 5.73 Å². The zero-order valence-corrected chi connectivity index (χ0v) is 12.5. The molecule has 0 aromatic heterocycles. The van der Waals surface area contributed by atoms with E-state index in [1.165, 1.54) is 12.1 Å². The van der Waals surface area contributed by atoms with Gasteiger partial charge in [-0.25, -0.2) is 4.39 Å². The summed E-state index contributed by atoms with van der Waals surface area (Å²) >= 11 is 8.04. The third kappa shape index (κ3) is 3.26. The Kier molecular flexibility index (Phi) is 4.81. The van der Waals surface area contributed by atoms with Gasteiger partial charge >= 0.3 is 0 Å². The van der Waals surface area contributed by atoms with E-state index in [0.29, 0.717) is 10.9 Å². The van der Waals surface area contributed by atoms with E-state index in [1.807, 2.05) is 6.92 Å². The summed E-state index contributed by atoms with van der Waals surface area (Å²) in [4.78, 5) is 12.2. The molecule has 1 aromatic rings. The van der Waals surface area contributed by atoms with Crippen LogP contribution in [0.2, 0.25) is 0 Å². The van der Waals surface area contributed by atoms with Crippen molar-refractivity contribution >= 4 is 39.0 Å². The van der Waals surface area contributed by atoms with Crippen molar-refractivity contribution in [2.45, 2.75) is 25.8 Å². The first-order valence-electron chi connectivity index (χ1n) is 5.37. The number of nitrogens with two attached hydrogens (primary N) is 1. The lowest BCUT2D eigenvalue weighted by atomic mass is 9.98. The Balaban J connectivity index is 2.98. The Morgan fingerprint density at radius 2 is 2.22 bits per heavy atom. The largest absolute Gasteiger partial charge is 0.391 e. The molecule has 0 fully saturated rings. The maximum atomic E-state index is 13.6. The SMILES string of the molecule is CCC(C)(NC(=O)c1ccc(Br)cc1F)C(N)=S. The van der Waals surface area contributed by atoms with Crippen molar-refractivity contribution in [2.75, 3.05) is 0 Å². The quantitative estimate of drug-likeness (QED) is 0.833. The molecule has 1 rings (SSSR count). The normalized spacial score (nSPS) is 13.8. The molecule has 6 heteroatoms. The van der Waals surface area contributed by atoms with Crippen LogP contribution in [0.5, 0.6) is 0 Å². The van der Waals surface area contributed by atoms with Crippen molar-refractivity contribution in [1.82, 2.24) is 5.32 Å². The molecule has 1 aromatic carbocycles. The summed E-state index contributed by atoms with van der Waals surface area (Å²) in [5, 5.41) is 2.66. The Bertz CT molecular complexity index is 495. The second kappa shape index (κ2) is 5.75. The van der Waals surface area contributed by atoms with Crippen LogP contribution in [0.1, 0.15) is 30.6 Å². The monoisotopic (exact) mass is 332 g/mol. The number of hydrogen-bond donors (Lipinski definition) is 2. The van der Waals surface area contributed by atoms with Crippen LogP contribution in [-0.2, 0) is 0 Å². The highest BCUT2D eigenvalue weighted by Crippen LogP contribution is 2.17. The fourth-order valence-corrected chi connectivity index (χ4v) is 1.84. The standard InChI is InChI=1S/C12H14BrFN2OS/c1-3-12(2,11(15)18)16-10(17)8-5-4-7(13)6-9(8)14/h4-6H,3H2,1-2H3,(H2,15,18)(H,16,17). The molecule has 18 heavy (non-hydrogen) atoms. The molecule has 0 heterocycles. The first-order valence-corrected chi connectivity index (χ1v) is 6.57. The van der Waals surface area contributed by atoms with Gasteiger partial charge in [0.2, 0.25) is 0 Å². The number of halogens is 2. The predicted molar refractivity (Wildman–Crippen MR) is 77.0 cm³/mol. The van der Waals surface area contributed by atoms with Gasteiger partial charge in [0.25, 0.3) is 5.91 Å². The van der Waals surface area contributed by atoms with E-state index in [-0.39, 0.29) is 10.6 Å². The van der Waals surface area contributed by atoms with Gasteiger partial charge in [-0.3, -0.25) is 4.79 Å². The molecule has 0 aliphatic rings. The van der Waals surface area contributed by atoms with E-state index in [0.717, 1.165) is 0 Å². The number of benzene rings is 1. The van der Waals surface area contributed by atoms with Gasteiger partial charge in [0, 0.05) is 4.47 Å². The summed E-state index contributed by atoms with van der Waals surface area (Å²) in [6, 6.07) is 4.24. The Morgan fingerprint density at radius 3 is 2.67 bits per heavy atom. The minimum absolute atomic E-state index is 0.0332. The van der Waals surface area contributed by atoms with E-state index < -0.39 is 17.3 Å². The van der Waals surface area contributed by atoms with E-state index in [1.54, 1.807) is 13.0 Å². The molecule has 98 valence electrons. The molecule has 1 unspecified atom stereocenters. The maximum absolute atomic E-state index is 13.6. The fraction of sp³-hybridized carbons (Fsp3) is 0.333. The molecule has 0 aliphatic heterocycles. The Morgan fingerprint density at radius 1 is 1.61 bits per heavy atom. The lowest BCUT2D eigenvalue weighted by Gasteiger charge is -2.28. The van der Waals surface area contributed by atoms with Crippen LogP contribution in [0.25, 0.3) is 0 Å². The number of amides is 1. The van der Waals surface area contributed by atoms with E-state index in [2.05, 4.69) is 21.2 Å². The Hall–Kier alpha value is -1.01. The number of carbonyl (C=O) groups excluding carboxylic acids is 1. The van der Waals surface area contributed by atoms with Crippen LogP contribution in [0.15, 0.2) is 22.7 Å². The van der Waals surface area contributed by atoms with Gasteiger partial charge < -0.3 is 11.1 Å². The van der Waals surface area contributed by atoms with Crippen LogP contribution in [0.3, 0.4) is 0 Å². The third-order valence-corrected chi connectivity index (χ3v) is 3.76. The second-order valence-electron chi connectivity index (χ2n) is 4.13. The second-order valence-corrected chi connectivity index (χ2v) is 5.48. The molecule has 0 bridgehead atoms. The zero-order valence-electron chi connectivity index (χ0n) is 10.1. The van der Waals surface area contributed by atoms with Gasteiger partial charge in [0.1, 0.15) is 5.82 Å². The lowest BCUT2D eigenvalue weighted by Crippen LogP contribution is -2.54. The topological polar surface area (TPSA) is 55.1 Å². The summed E-state index contributed by atoms with van der Waals surface area (Å²) in [5.41, 5.74) is 4.74. The van der Waals surface area contributed by atoms with Gasteiger partial charge in [0.15, 0.2) is 0 Å². The summed E-state index contributed by atoms with van der Waals surface area (Å²) in [5.74, 6) is -1.12. The first-order chi connectivity index (χ1) is 8.30. The minimum Gasteiger partial charge on any atom is -0.391 e. The van der Waals surface area contributed by atoms with Crippen molar-refractivity contribution in [1.29, 1.82) is 0 Å². The van der Waals surface area contributed by atoms with Crippen molar-refractivity contribution in [3.05, 3.63) is 34.1 Å². The molecule has 3 N–H and O–H groups in total. The van der Waals surface area contributed by atoms with Crippen LogP contribution < -0.4 is 11.1 Å². The summed E-state index contributed by atoms with van der Waals surface area (Å²) in [7, 11) is 0. The minimum atomic E-state index is -0.814. The fourth-order valence-electron chi connectivity index (χ4n) is 1.32. The van der Waals surface area contributed by atoms with Crippen LogP contribution in [-0.4, -0.2) is 16.4 Å². The van der Waals surface area contributed by atoms with Crippen molar-refractivity contribution in [3.8, 4) is 0 Å². The molecule has 0 saturated carbocycles. The van der Waals surface area contributed by atoms with E-state index in [4.69, 9.17) is 18.0 Å². The van der Waals surface area contributed by atoms with Crippen LogP contribution in [0.4, 0.5) is 4.39 Å². The zero-order chi connectivity index (χ0) is 13.9. The molecule has 0 aliphatic carbocycles. The van der Waals surface area contributed by atoms with E-state index >= 15 is 0 Å². The summed E-state index contributed by atoms with van der Waals surface area (Å²) in [6.45, 7) is 3.56. The van der Waals surface area contributed by atoms with Gasteiger partial charge in [-0.1, -0.05) is 35.1 Å². The predicted octanol–water partition coefficient (Wildman–Crippen LogP) is 2.77. The molecule has 1 amide bonds. The van der Waals surface area contributed by atoms with E-state index in [9.17, 15) is 9.18 Å². The van der Waals surface area contributed by atoms with Crippen molar-refractivity contribution < 1.29 is 9.18 Å². The molecule has 0 radical (unpaired) electrons. The third-order valence-electron chi connectivity index (χ3n) is 2.82. The highest BCUT2D eigenvalue weighted by molar-refractivity contribution is 9.10. The van der Waals surface area contributed by atoms with Gasteiger partial charge in [0.05, 0.1) is 16.1 Å². The summed E-state index contributed by atoms with van der Waals surface area (Å²) in [6.07, 6.45) is 0.534. The average molecular weight is 333 g/mol. The number of carbonyl (C=O) groups is 1. The Labute approximate surface area is 119 Å². The highest BCUT2D eigenvalue weighted by Gasteiger charge is 2.28.